The number of pyridine rings is 1. The molecule has 33 heavy (non-hydrogen) atoms. The number of nitrogens with zero attached hydrogens (tertiary/aromatic N) is 2. The molecular formula is C27H27N3O3. The molecule has 0 unspecified atom stereocenters. The van der Waals surface area contributed by atoms with Crippen molar-refractivity contribution in [3.63, 3.8) is 0 Å². The van der Waals surface area contributed by atoms with Crippen molar-refractivity contribution in [3.05, 3.63) is 72.1 Å². The van der Waals surface area contributed by atoms with E-state index in [1.54, 1.807) is 0 Å². The van der Waals surface area contributed by atoms with E-state index in [1.165, 1.54) is 5.56 Å². The lowest BCUT2D eigenvalue weighted by molar-refractivity contribution is 0.0303. The van der Waals surface area contributed by atoms with Gasteiger partial charge in [-0.3, -0.25) is 4.79 Å². The van der Waals surface area contributed by atoms with E-state index in [4.69, 9.17) is 9.47 Å². The van der Waals surface area contributed by atoms with E-state index in [1.807, 2.05) is 41.6 Å². The maximum Gasteiger partial charge on any atom is 0.254 e. The van der Waals surface area contributed by atoms with Gasteiger partial charge in [0.15, 0.2) is 0 Å². The van der Waals surface area contributed by atoms with Gasteiger partial charge >= 0.3 is 0 Å². The predicted molar refractivity (Wildman–Crippen MR) is 130 cm³/mol. The van der Waals surface area contributed by atoms with Crippen LogP contribution < -0.4 is 4.74 Å². The highest BCUT2D eigenvalue weighted by Gasteiger charge is 2.21. The zero-order valence-electron chi connectivity index (χ0n) is 17.6. The summed E-state index contributed by atoms with van der Waals surface area (Å²) < 4.78 is 11.3. The lowest BCUT2D eigenvalue weighted by Gasteiger charge is -2.27. The van der Waals surface area contributed by atoms with Crippen LogP contribution in [0.1, 0.15) is 23.3 Å². The van der Waals surface area contributed by atoms with Gasteiger partial charge in [0, 0.05) is 59.5 Å². The molecule has 2 aliphatic rings. The number of hydrogen-bond donors (Lipinski definition) is 1. The van der Waals surface area contributed by atoms with E-state index in [-0.39, 0.29) is 13.3 Å². The minimum absolute atomic E-state index is 0. The molecule has 0 spiro atoms. The first-order valence-corrected chi connectivity index (χ1v) is 11.0. The highest BCUT2D eigenvalue weighted by molar-refractivity contribution is 5.99. The van der Waals surface area contributed by atoms with Crippen molar-refractivity contribution in [2.45, 2.75) is 13.8 Å². The molecule has 2 aromatic heterocycles. The maximum atomic E-state index is 12.9. The van der Waals surface area contributed by atoms with E-state index in [0.717, 1.165) is 52.1 Å². The van der Waals surface area contributed by atoms with Crippen molar-refractivity contribution in [2.24, 2.45) is 0 Å². The summed E-state index contributed by atoms with van der Waals surface area (Å²) in [6, 6.07) is 16.2. The molecule has 1 N–H and O–H groups in total. The minimum Gasteiger partial charge on any atom is -0.492 e. The van der Waals surface area contributed by atoms with Gasteiger partial charge in [-0.15, -0.1) is 0 Å². The number of morpholine rings is 1. The van der Waals surface area contributed by atoms with Gasteiger partial charge in [0.2, 0.25) is 0 Å². The second-order valence-corrected chi connectivity index (χ2v) is 8.20. The van der Waals surface area contributed by atoms with Crippen LogP contribution in [-0.2, 0) is 11.2 Å². The van der Waals surface area contributed by atoms with E-state index < -0.39 is 0 Å². The van der Waals surface area contributed by atoms with Gasteiger partial charge in [-0.1, -0.05) is 37.8 Å². The Balaban J connectivity index is 0.00000228. The average Bonchev–Trinajstić information content (AvgIpc) is 3.51. The number of aromatic amines is 1. The van der Waals surface area contributed by atoms with Crippen LogP contribution in [0.4, 0.5) is 0 Å². The summed E-state index contributed by atoms with van der Waals surface area (Å²) in [4.78, 5) is 22.7. The molecule has 1 saturated heterocycles. The number of ether oxygens (including phenoxy) is 2. The summed E-state index contributed by atoms with van der Waals surface area (Å²) in [5.41, 5.74) is 6.88. The van der Waals surface area contributed by atoms with E-state index in [0.29, 0.717) is 31.9 Å². The Morgan fingerprint density at radius 2 is 1.82 bits per heavy atom. The average molecular weight is 442 g/mol. The molecule has 0 aliphatic carbocycles. The Bertz CT molecular complexity index is 1320. The Kier molecular flexibility index (Phi) is 5.60. The Labute approximate surface area is 193 Å². The second kappa shape index (κ2) is 8.71. The largest absolute Gasteiger partial charge is 0.492 e. The predicted octanol–water partition coefficient (Wildman–Crippen LogP) is 4.94. The molecule has 2 aliphatic heterocycles. The normalized spacial score (nSPS) is 15.1. The monoisotopic (exact) mass is 441 g/mol. The SMILES string of the molecule is C.O=C(c1cccc(-c2cnc3[nH]cc(-c4cccc5c4OCC5)c3c2)c1)N1CCOCC1. The molecular weight excluding hydrogens is 414 g/mol. The van der Waals surface area contributed by atoms with Gasteiger partial charge in [0.25, 0.3) is 5.91 Å². The van der Waals surface area contributed by atoms with E-state index in [9.17, 15) is 4.79 Å². The zero-order valence-corrected chi connectivity index (χ0v) is 17.6. The third-order valence-corrected chi connectivity index (χ3v) is 6.28. The highest BCUT2D eigenvalue weighted by Crippen LogP contribution is 2.40. The van der Waals surface area contributed by atoms with Crippen LogP contribution >= 0.6 is 0 Å². The number of amides is 1. The highest BCUT2D eigenvalue weighted by atomic mass is 16.5. The molecule has 0 bridgehead atoms. The molecule has 1 amide bonds. The molecule has 0 radical (unpaired) electrons. The smallest absolute Gasteiger partial charge is 0.254 e. The third kappa shape index (κ3) is 3.76. The fraction of sp³-hybridized carbons (Fsp3) is 0.259. The van der Waals surface area contributed by atoms with Crippen molar-refractivity contribution >= 4 is 16.9 Å². The van der Waals surface area contributed by atoms with Crippen molar-refractivity contribution in [3.8, 4) is 28.0 Å². The van der Waals surface area contributed by atoms with E-state index >= 15 is 0 Å². The fourth-order valence-corrected chi connectivity index (χ4v) is 4.59. The molecule has 0 saturated carbocycles. The van der Waals surface area contributed by atoms with Gasteiger partial charge in [0.1, 0.15) is 11.4 Å². The number of rotatable bonds is 3. The van der Waals surface area contributed by atoms with Crippen LogP contribution in [0.2, 0.25) is 0 Å². The summed E-state index contributed by atoms with van der Waals surface area (Å²) in [6.07, 6.45) is 4.79. The van der Waals surface area contributed by atoms with Crippen molar-refractivity contribution in [1.82, 2.24) is 14.9 Å². The van der Waals surface area contributed by atoms with Gasteiger partial charge < -0.3 is 19.4 Å². The number of carbonyl (C=O) groups is 1. The van der Waals surface area contributed by atoms with E-state index in [2.05, 4.69) is 34.2 Å². The Hall–Kier alpha value is -3.64. The summed E-state index contributed by atoms with van der Waals surface area (Å²) in [7, 11) is 0. The van der Waals surface area contributed by atoms with Crippen LogP contribution in [0.15, 0.2) is 60.9 Å². The second-order valence-electron chi connectivity index (χ2n) is 8.20. The number of nitrogens with one attached hydrogen (secondary N) is 1. The number of para-hydroxylation sites is 1. The number of H-pyrrole nitrogens is 1. The Morgan fingerprint density at radius 1 is 0.970 bits per heavy atom. The standard InChI is InChI=1S/C26H23N3O3.CH4/c30-26(29-8-11-31-12-9-29)19-5-1-4-18(13-19)20-14-22-23(16-28-25(22)27-15-20)21-6-2-3-17-7-10-32-24(17)21;/h1-6,13-16H,7-12H2,(H,27,28);1H4. The number of benzene rings is 2. The lowest BCUT2D eigenvalue weighted by atomic mass is 9.99. The topological polar surface area (TPSA) is 67.5 Å². The quantitative estimate of drug-likeness (QED) is 0.489. The van der Waals surface area contributed by atoms with Gasteiger partial charge in [-0.25, -0.2) is 4.98 Å². The molecule has 6 heteroatoms. The molecule has 168 valence electrons. The van der Waals surface area contributed by atoms with Crippen LogP contribution in [-0.4, -0.2) is 53.7 Å². The van der Waals surface area contributed by atoms with Crippen molar-refractivity contribution in [2.75, 3.05) is 32.9 Å². The summed E-state index contributed by atoms with van der Waals surface area (Å²) in [5, 5.41) is 1.04. The van der Waals surface area contributed by atoms with Crippen LogP contribution in [0, 0.1) is 0 Å². The molecule has 6 nitrogen and oxygen atoms in total. The first kappa shape index (κ1) is 21.2. The first-order valence-electron chi connectivity index (χ1n) is 11.0. The molecule has 0 atom stereocenters. The fourth-order valence-electron chi connectivity index (χ4n) is 4.59. The molecule has 4 aromatic rings. The molecule has 2 aromatic carbocycles. The minimum atomic E-state index is 0. The number of fused-ring (bicyclic) bond motifs is 2. The summed E-state index contributed by atoms with van der Waals surface area (Å²) in [6.45, 7) is 3.17. The summed E-state index contributed by atoms with van der Waals surface area (Å²) in [5.74, 6) is 1.01. The van der Waals surface area contributed by atoms with Crippen molar-refractivity contribution in [1.29, 1.82) is 0 Å². The first-order chi connectivity index (χ1) is 15.8. The summed E-state index contributed by atoms with van der Waals surface area (Å²) >= 11 is 0. The number of hydrogen-bond acceptors (Lipinski definition) is 4. The zero-order chi connectivity index (χ0) is 21.5. The van der Waals surface area contributed by atoms with Gasteiger partial charge in [0.05, 0.1) is 19.8 Å². The van der Waals surface area contributed by atoms with Crippen LogP contribution in [0.3, 0.4) is 0 Å². The Morgan fingerprint density at radius 3 is 2.70 bits per heavy atom. The molecule has 4 heterocycles. The van der Waals surface area contributed by atoms with Crippen LogP contribution in [0.25, 0.3) is 33.3 Å². The van der Waals surface area contributed by atoms with Gasteiger partial charge in [-0.05, 0) is 29.3 Å². The molecule has 6 rings (SSSR count). The maximum absolute atomic E-state index is 12.9. The third-order valence-electron chi connectivity index (χ3n) is 6.28. The van der Waals surface area contributed by atoms with Crippen LogP contribution in [0.5, 0.6) is 5.75 Å². The number of aromatic nitrogens is 2. The van der Waals surface area contributed by atoms with Crippen molar-refractivity contribution < 1.29 is 14.3 Å². The van der Waals surface area contributed by atoms with Gasteiger partial charge in [-0.2, -0.15) is 0 Å². The molecule has 1 fully saturated rings. The number of carbonyl (C=O) groups excluding carboxylic acids is 1. The lowest BCUT2D eigenvalue weighted by Crippen LogP contribution is -2.40.